The molecule has 39 heavy (non-hydrogen) atoms. The van der Waals surface area contributed by atoms with Crippen molar-refractivity contribution in [1.29, 1.82) is 0 Å². The summed E-state index contributed by atoms with van der Waals surface area (Å²) in [6, 6.07) is 8.69. The molecule has 12 heteroatoms. The monoisotopic (exact) mass is 552 g/mol. The van der Waals surface area contributed by atoms with Crippen LogP contribution >= 0.6 is 0 Å². The maximum Gasteiger partial charge on any atom is 0.256 e. The van der Waals surface area contributed by atoms with Gasteiger partial charge in [-0.2, -0.15) is 0 Å². The second-order valence-corrected chi connectivity index (χ2v) is 12.0. The van der Waals surface area contributed by atoms with E-state index in [1.165, 1.54) is 24.8 Å². The molecule has 0 bridgehead atoms. The molecule has 2 N–H and O–H groups in total. The molecular weight excluding hydrogens is 520 g/mol. The molecule has 1 saturated heterocycles. The molecule has 1 spiro atoms. The minimum Gasteiger partial charge on any atom is -0.492 e. The molecule has 11 nitrogen and oxygen atoms in total. The van der Waals surface area contributed by atoms with Crippen molar-refractivity contribution in [1.82, 2.24) is 29.5 Å². The van der Waals surface area contributed by atoms with Gasteiger partial charge in [-0.05, 0) is 43.7 Å². The number of amides is 1. The van der Waals surface area contributed by atoms with Gasteiger partial charge in [-0.3, -0.25) is 9.78 Å². The first-order chi connectivity index (χ1) is 18.7. The summed E-state index contributed by atoms with van der Waals surface area (Å²) in [6.07, 6.45) is 8.21. The number of carbonyl (C=O) groups is 1. The van der Waals surface area contributed by atoms with Gasteiger partial charge in [0.15, 0.2) is 0 Å². The quantitative estimate of drug-likeness (QED) is 0.483. The zero-order valence-electron chi connectivity index (χ0n) is 21.7. The Labute approximate surface area is 227 Å². The van der Waals surface area contributed by atoms with Crippen LogP contribution in [0.4, 0.5) is 0 Å². The third-order valence-corrected chi connectivity index (χ3v) is 8.78. The van der Waals surface area contributed by atoms with Crippen LogP contribution in [0, 0.1) is 5.41 Å². The summed E-state index contributed by atoms with van der Waals surface area (Å²) >= 11 is 0. The van der Waals surface area contributed by atoms with E-state index in [1.807, 2.05) is 24.1 Å². The molecule has 2 aromatic heterocycles. The lowest BCUT2D eigenvalue weighted by Gasteiger charge is -2.44. The highest BCUT2D eigenvalue weighted by atomic mass is 32.2. The summed E-state index contributed by atoms with van der Waals surface area (Å²) in [5.74, 6) is 0.118. The Morgan fingerprint density at radius 1 is 1.10 bits per heavy atom. The highest BCUT2D eigenvalue weighted by molar-refractivity contribution is 7.89. The van der Waals surface area contributed by atoms with Crippen LogP contribution in [0.3, 0.4) is 0 Å². The van der Waals surface area contributed by atoms with Crippen LogP contribution in [0.15, 0.2) is 66.3 Å². The number of β-amino-alcohol motifs (C(OH)–C–C–N with tert-alkyl or cyclic N) is 1. The largest absolute Gasteiger partial charge is 0.492 e. The Balaban J connectivity index is 1.44. The lowest BCUT2D eigenvalue weighted by atomic mass is 9.78. The average molecular weight is 553 g/mol. The number of carbonyl (C=O) groups excluding carboxylic acids is 1. The number of fused-ring (bicyclic) bond motifs is 1. The summed E-state index contributed by atoms with van der Waals surface area (Å²) in [5, 5.41) is 10.6. The molecule has 0 saturated carbocycles. The van der Waals surface area contributed by atoms with E-state index in [9.17, 15) is 18.3 Å². The number of rotatable bonds is 2. The molecular formula is C27H32N6O5S. The molecule has 0 aliphatic carbocycles. The molecule has 2 aliphatic rings. The second-order valence-electron chi connectivity index (χ2n) is 10.3. The number of aromatic nitrogens is 3. The Bertz CT molecular complexity index is 1400. The predicted molar refractivity (Wildman–Crippen MR) is 143 cm³/mol. The maximum absolute atomic E-state index is 13.2. The van der Waals surface area contributed by atoms with E-state index in [2.05, 4.69) is 19.7 Å². The van der Waals surface area contributed by atoms with E-state index in [0.29, 0.717) is 44.6 Å². The zero-order valence-corrected chi connectivity index (χ0v) is 22.5. The smallest absolute Gasteiger partial charge is 0.256 e. The number of nitrogens with zero attached hydrogens (tertiary/aromatic N) is 5. The number of hydrogen-bond acceptors (Lipinski definition) is 9. The molecule has 2 aliphatic heterocycles. The van der Waals surface area contributed by atoms with E-state index < -0.39 is 16.1 Å². The first-order valence-electron chi connectivity index (χ1n) is 12.8. The number of benzene rings is 1. The van der Waals surface area contributed by atoms with Gasteiger partial charge in [0.25, 0.3) is 5.91 Å². The van der Waals surface area contributed by atoms with Crippen molar-refractivity contribution in [3.05, 3.63) is 67.0 Å². The number of aliphatic hydroxyl groups excluding tert-OH is 1. The summed E-state index contributed by atoms with van der Waals surface area (Å²) in [7, 11) is -2.04. The van der Waals surface area contributed by atoms with Crippen molar-refractivity contribution in [3.63, 3.8) is 0 Å². The predicted octanol–water partition coefficient (Wildman–Crippen LogP) is 1.42. The molecule has 206 valence electrons. The molecule has 1 unspecified atom stereocenters. The van der Waals surface area contributed by atoms with Crippen LogP contribution in [0.25, 0.3) is 11.1 Å². The Kier molecular flexibility index (Phi) is 7.89. The van der Waals surface area contributed by atoms with Crippen LogP contribution in [0.5, 0.6) is 5.75 Å². The number of piperidine rings is 1. The van der Waals surface area contributed by atoms with Crippen molar-refractivity contribution in [2.45, 2.75) is 23.8 Å². The fourth-order valence-corrected chi connectivity index (χ4v) is 6.45. The molecule has 1 amide bonds. The number of pyridine rings is 1. The van der Waals surface area contributed by atoms with Crippen LogP contribution in [-0.2, 0) is 10.0 Å². The standard InChI is InChI=1S/C27H32N6O5S/c1-32-16-23(34)15-31-39(36,37)25-5-4-20(21-3-2-8-28-12-21)11-24(25)38-18-27(17-32)6-9-33(10-7-27)26(35)22-13-29-19-30-14-22/h2-5,8,11-14,19,23,31,34H,6-7,9-10,15-18H2,1H3. The normalized spacial score (nSPS) is 21.7. The number of ether oxygens (including phenoxy) is 1. The number of hydrogen-bond donors (Lipinski definition) is 2. The van der Waals surface area contributed by atoms with E-state index in [4.69, 9.17) is 4.74 Å². The molecule has 0 radical (unpaired) electrons. The van der Waals surface area contributed by atoms with Crippen molar-refractivity contribution < 1.29 is 23.1 Å². The van der Waals surface area contributed by atoms with Crippen LogP contribution in [-0.4, -0.2) is 96.7 Å². The van der Waals surface area contributed by atoms with E-state index in [0.717, 1.165) is 11.1 Å². The van der Waals surface area contributed by atoms with Gasteiger partial charge in [-0.25, -0.2) is 23.1 Å². The van der Waals surface area contributed by atoms with Gasteiger partial charge in [-0.1, -0.05) is 12.1 Å². The van der Waals surface area contributed by atoms with E-state index >= 15 is 0 Å². The highest BCUT2D eigenvalue weighted by Gasteiger charge is 2.39. The minimum absolute atomic E-state index is 0.0168. The number of likely N-dealkylation sites (tertiary alicyclic amines) is 1. The highest BCUT2D eigenvalue weighted by Crippen LogP contribution is 2.37. The third kappa shape index (κ3) is 6.25. The van der Waals surface area contributed by atoms with E-state index in [-0.39, 0.29) is 35.1 Å². The molecule has 3 aromatic rings. The molecule has 1 fully saturated rings. The van der Waals surface area contributed by atoms with Crippen molar-refractivity contribution in [2.75, 3.05) is 46.4 Å². The first-order valence-corrected chi connectivity index (χ1v) is 14.3. The second kappa shape index (κ2) is 11.3. The van der Waals surface area contributed by atoms with Gasteiger partial charge in [0, 0.05) is 68.5 Å². The lowest BCUT2D eigenvalue weighted by molar-refractivity contribution is 0.0159. The fraction of sp³-hybridized carbons (Fsp3) is 0.407. The first kappa shape index (κ1) is 27.1. The SMILES string of the molecule is CN1CC(O)CNS(=O)(=O)c2ccc(-c3cccnc3)cc2OCC2(CCN(C(=O)c3cncnc3)CC2)C1. The summed E-state index contributed by atoms with van der Waals surface area (Å²) in [5.41, 5.74) is 1.69. The number of nitrogens with one attached hydrogen (secondary N) is 1. The number of likely N-dealkylation sites (N-methyl/N-ethyl adjacent to an activating group) is 1. The van der Waals surface area contributed by atoms with Gasteiger partial charge in [0.1, 0.15) is 17.0 Å². The van der Waals surface area contributed by atoms with E-state index in [1.54, 1.807) is 29.4 Å². The van der Waals surface area contributed by atoms with Gasteiger partial charge in [0.05, 0.1) is 18.3 Å². The molecule has 4 heterocycles. The zero-order chi connectivity index (χ0) is 27.5. The van der Waals surface area contributed by atoms with Crippen molar-refractivity contribution >= 4 is 15.9 Å². The topological polar surface area (TPSA) is 138 Å². The number of aliphatic hydroxyl groups is 1. The van der Waals surface area contributed by atoms with Gasteiger partial charge in [0.2, 0.25) is 10.0 Å². The molecule has 1 atom stereocenters. The third-order valence-electron chi connectivity index (χ3n) is 7.32. The van der Waals surface area contributed by atoms with Crippen molar-refractivity contribution in [2.24, 2.45) is 5.41 Å². The van der Waals surface area contributed by atoms with Crippen LogP contribution < -0.4 is 9.46 Å². The lowest BCUT2D eigenvalue weighted by Crippen LogP contribution is -2.51. The van der Waals surface area contributed by atoms with Gasteiger partial charge >= 0.3 is 0 Å². The van der Waals surface area contributed by atoms with Gasteiger partial charge < -0.3 is 19.6 Å². The average Bonchev–Trinajstić information content (AvgIpc) is 2.95. The summed E-state index contributed by atoms with van der Waals surface area (Å²) in [4.78, 5) is 28.9. The van der Waals surface area contributed by atoms with Crippen LogP contribution in [0.2, 0.25) is 0 Å². The van der Waals surface area contributed by atoms with Gasteiger partial charge in [-0.15, -0.1) is 0 Å². The summed E-state index contributed by atoms with van der Waals surface area (Å²) in [6.45, 7) is 2.06. The van der Waals surface area contributed by atoms with Crippen molar-refractivity contribution in [3.8, 4) is 16.9 Å². The van der Waals surface area contributed by atoms with Crippen LogP contribution in [0.1, 0.15) is 23.2 Å². The Morgan fingerprint density at radius 3 is 2.59 bits per heavy atom. The number of sulfonamides is 1. The minimum atomic E-state index is -3.95. The molecule has 1 aromatic carbocycles. The fourth-order valence-electron chi connectivity index (χ4n) is 5.26. The Morgan fingerprint density at radius 2 is 1.87 bits per heavy atom. The summed E-state index contributed by atoms with van der Waals surface area (Å²) < 4.78 is 35.3. The molecule has 5 rings (SSSR count). The Hall–Kier alpha value is -3.45. The maximum atomic E-state index is 13.2.